The van der Waals surface area contributed by atoms with Gasteiger partial charge in [0.2, 0.25) is 5.69 Å². The monoisotopic (exact) mass is 1480 g/mol. The van der Waals surface area contributed by atoms with Crippen molar-refractivity contribution in [1.82, 2.24) is 28.7 Å². The van der Waals surface area contributed by atoms with Crippen LogP contribution >= 0.6 is 0 Å². The molecule has 538 valence electrons. The van der Waals surface area contributed by atoms with Crippen LogP contribution in [0.5, 0.6) is 0 Å². The second kappa shape index (κ2) is 25.5. The van der Waals surface area contributed by atoms with Crippen LogP contribution in [0.15, 0.2) is 383 Å². The van der Waals surface area contributed by atoms with E-state index in [9.17, 15) is 6.57 Å². The summed E-state index contributed by atoms with van der Waals surface area (Å²) < 4.78 is 29.4. The molecule has 24 rings (SSSR count). The predicted octanol–water partition coefficient (Wildman–Crippen LogP) is 28.7. The first-order valence-electron chi connectivity index (χ1n) is 39.0. The van der Waals surface area contributed by atoms with E-state index in [2.05, 4.69) is 311 Å². The highest BCUT2D eigenvalue weighted by atomic mass is 16.3. The fourth-order valence-corrected chi connectivity index (χ4v) is 18.2. The molecule has 0 aliphatic heterocycles. The highest BCUT2D eigenvalue weighted by Crippen LogP contribution is 2.54. The lowest BCUT2D eigenvalue weighted by Gasteiger charge is -2.26. The Labute approximate surface area is 663 Å². The van der Waals surface area contributed by atoms with Gasteiger partial charge in [0.05, 0.1) is 72.9 Å². The summed E-state index contributed by atoms with van der Waals surface area (Å²) in [6, 6.07) is 130. The Bertz CT molecular complexity index is 8180. The van der Waals surface area contributed by atoms with Crippen molar-refractivity contribution >= 4 is 137 Å². The molecule has 24 aromatic rings. The van der Waals surface area contributed by atoms with Crippen LogP contribution in [-0.4, -0.2) is 28.7 Å². The minimum absolute atomic E-state index is 0.326. The van der Waals surface area contributed by atoms with Gasteiger partial charge in [-0.25, -0.2) is 19.8 Å². The van der Waals surface area contributed by atoms with Crippen LogP contribution in [0.25, 0.3) is 243 Å². The third-order valence-corrected chi connectivity index (χ3v) is 23.5. The molecule has 116 heavy (non-hydrogen) atoms. The van der Waals surface area contributed by atoms with E-state index in [1.54, 1.807) is 0 Å². The summed E-state index contributed by atoms with van der Waals surface area (Å²) in [5.41, 5.74) is 24.6. The second-order valence-corrected chi connectivity index (χ2v) is 29.9. The van der Waals surface area contributed by atoms with E-state index < -0.39 is 0 Å². The average Bonchev–Trinajstić information content (AvgIpc) is 1.52. The van der Waals surface area contributed by atoms with Gasteiger partial charge in [-0.1, -0.05) is 261 Å². The summed E-state index contributed by atoms with van der Waals surface area (Å²) in [6.45, 7) is 10.2. The van der Waals surface area contributed by atoms with E-state index in [4.69, 9.17) is 33.0 Å². The first-order chi connectivity index (χ1) is 57.5. The normalized spacial score (nSPS) is 12.0. The number of hydrogen-bond acceptors (Lipinski definition) is 6. The Hall–Kier alpha value is -16.0. The number of hydrogen-bond donors (Lipinski definition) is 0. The van der Waals surface area contributed by atoms with Crippen molar-refractivity contribution in [2.24, 2.45) is 0 Å². The lowest BCUT2D eigenvalue weighted by molar-refractivity contribution is 0.672. The Morgan fingerprint density at radius 2 is 0.509 bits per heavy atom. The quantitative estimate of drug-likeness (QED) is 0.120. The summed E-state index contributed by atoms with van der Waals surface area (Å²) in [7, 11) is 0. The number of nitrogens with zero attached hydrogens (tertiary/aromatic N) is 7. The van der Waals surface area contributed by atoms with Crippen LogP contribution in [0, 0.1) is 6.57 Å². The van der Waals surface area contributed by atoms with Crippen molar-refractivity contribution < 1.29 is 13.3 Å². The van der Waals surface area contributed by atoms with Gasteiger partial charge in [-0.3, -0.25) is 0 Å². The van der Waals surface area contributed by atoms with Crippen molar-refractivity contribution in [2.75, 3.05) is 0 Å². The van der Waals surface area contributed by atoms with Crippen LogP contribution in [0.4, 0.5) is 5.69 Å². The van der Waals surface area contributed by atoms with Crippen LogP contribution in [0.2, 0.25) is 0 Å². The summed E-state index contributed by atoms with van der Waals surface area (Å²) in [6.07, 6.45) is 0. The van der Waals surface area contributed by atoms with Crippen LogP contribution in [0.1, 0.15) is 0 Å². The van der Waals surface area contributed by atoms with E-state index >= 15 is 0 Å². The third kappa shape index (κ3) is 9.92. The minimum Gasteiger partial charge on any atom is -0.455 e. The maximum atomic E-state index is 10.2. The molecule has 7 aromatic heterocycles. The van der Waals surface area contributed by atoms with Crippen molar-refractivity contribution in [1.29, 1.82) is 0 Å². The molecule has 0 aliphatic rings. The molecular formula is C106H61N7O3. The first kappa shape index (κ1) is 64.8. The van der Waals surface area contributed by atoms with E-state index in [0.29, 0.717) is 45.8 Å². The van der Waals surface area contributed by atoms with E-state index in [-0.39, 0.29) is 0 Å². The topological polar surface area (TPSA) is 97.2 Å². The van der Waals surface area contributed by atoms with Gasteiger partial charge in [0.1, 0.15) is 33.5 Å². The first-order valence-corrected chi connectivity index (χ1v) is 39.0. The molecule has 0 amide bonds. The van der Waals surface area contributed by atoms with Crippen molar-refractivity contribution in [3.63, 3.8) is 0 Å². The van der Waals surface area contributed by atoms with Crippen LogP contribution < -0.4 is 0 Å². The number of furan rings is 3. The maximum absolute atomic E-state index is 10.2. The molecule has 10 heteroatoms. The molecule has 0 saturated heterocycles. The minimum atomic E-state index is 0.326. The molecule has 7 heterocycles. The van der Waals surface area contributed by atoms with Gasteiger partial charge in [0, 0.05) is 65.2 Å². The van der Waals surface area contributed by atoms with Gasteiger partial charge >= 0.3 is 0 Å². The largest absolute Gasteiger partial charge is 0.455 e. The second-order valence-electron chi connectivity index (χ2n) is 29.9. The van der Waals surface area contributed by atoms with Gasteiger partial charge in [0.15, 0.2) is 17.5 Å². The van der Waals surface area contributed by atoms with E-state index in [1.165, 1.54) is 0 Å². The van der Waals surface area contributed by atoms with E-state index in [1.807, 2.05) is 72.8 Å². The van der Waals surface area contributed by atoms with Gasteiger partial charge < -0.3 is 27.0 Å². The fourth-order valence-electron chi connectivity index (χ4n) is 18.2. The van der Waals surface area contributed by atoms with Gasteiger partial charge in [-0.15, -0.1) is 0 Å². The number of rotatable bonds is 11. The molecule has 0 unspecified atom stereocenters. The number of para-hydroxylation sites is 1. The fraction of sp³-hybridized carbons (Fsp3) is 0. The van der Waals surface area contributed by atoms with Gasteiger partial charge in [-0.05, 0) is 165 Å². The molecule has 0 spiro atoms. The number of fused-ring (bicyclic) bond motifs is 21. The molecule has 0 aliphatic carbocycles. The summed E-state index contributed by atoms with van der Waals surface area (Å²) in [4.78, 5) is 21.8. The van der Waals surface area contributed by atoms with Crippen molar-refractivity contribution in [2.45, 2.75) is 0 Å². The SMILES string of the molecule is [C-]#[N+]c1cc(-c2nc(-c3ccccc3)nc(-c3ccccc3)n2)c(-n2c3ccc(-c4ccccc4)cc3c3c4oc5ccc(-c6ccccc6)cc5c4ccc32)c(-n2c3ccc(-c4ccccc4)cc3c3c4oc5ccccc5c4ccc32)c1-n1c2ccc(-c3ccccc3)cc2c2c3oc4ccc(-c5ccccc5)cc4c3ccc21. The predicted molar refractivity (Wildman–Crippen MR) is 474 cm³/mol. The number of aromatic nitrogens is 6. The standard InChI is InChI=1S/C106H61N7O3/c1-107-85-62-84(106-109-104(68-35-19-7-20-36-68)108-105(110-106)69-37-21-8-22-38-69)98(111-86-49-41-70(63-25-9-2-10-26-63)59-81(86)95-89(111)53-47-77-79-57-73(66-31-15-5-16-32-66)44-55-93(79)115-102(77)95)100(113-88-51-43-72(65-29-13-4-14-30-65)61-83(88)97-91(113)52-46-76-75-39-23-24-40-92(75)114-101(76)97)99(85)112-87-50-42-71(64-27-11-3-12-28-64)60-82(87)96-90(112)54-48-78-80-58-74(67-33-17-6-18-34-67)45-56-94(80)116-103(78)96/h2-62H. The highest BCUT2D eigenvalue weighted by molar-refractivity contribution is 6.29. The Morgan fingerprint density at radius 1 is 0.216 bits per heavy atom. The van der Waals surface area contributed by atoms with Crippen LogP contribution in [-0.2, 0) is 0 Å². The number of benzene rings is 17. The molecule has 0 saturated carbocycles. The van der Waals surface area contributed by atoms with Gasteiger partial charge in [-0.2, -0.15) is 0 Å². The smallest absolute Gasteiger partial charge is 0.213 e. The third-order valence-electron chi connectivity index (χ3n) is 23.5. The molecule has 0 atom stereocenters. The van der Waals surface area contributed by atoms with Gasteiger partial charge in [0.25, 0.3) is 0 Å². The lowest BCUT2D eigenvalue weighted by Crippen LogP contribution is -2.12. The Kier molecular flexibility index (Phi) is 14.3. The summed E-state index contributed by atoms with van der Waals surface area (Å²) in [5, 5.41) is 11.4. The molecule has 0 fully saturated rings. The Balaban J connectivity index is 0.932. The summed E-state index contributed by atoms with van der Waals surface area (Å²) >= 11 is 0. The Morgan fingerprint density at radius 3 is 0.888 bits per heavy atom. The highest BCUT2D eigenvalue weighted by Gasteiger charge is 2.35. The zero-order valence-electron chi connectivity index (χ0n) is 62.1. The molecular weight excluding hydrogens is 1420 g/mol. The van der Waals surface area contributed by atoms with Crippen LogP contribution in [0.3, 0.4) is 0 Å². The molecule has 0 radical (unpaired) electrons. The zero-order valence-corrected chi connectivity index (χ0v) is 62.1. The zero-order chi connectivity index (χ0) is 76.2. The molecule has 17 aromatic carbocycles. The van der Waals surface area contributed by atoms with E-state index in [0.717, 1.165) is 198 Å². The maximum Gasteiger partial charge on any atom is 0.213 e. The molecule has 0 N–H and O–H groups in total. The average molecular weight is 1480 g/mol. The van der Waals surface area contributed by atoms with Crippen molar-refractivity contribution in [3.05, 3.63) is 381 Å². The molecule has 10 nitrogen and oxygen atoms in total. The summed E-state index contributed by atoms with van der Waals surface area (Å²) in [5.74, 6) is 1.27. The molecule has 0 bridgehead atoms. The van der Waals surface area contributed by atoms with Crippen molar-refractivity contribution in [3.8, 4) is 107 Å². The lowest BCUT2D eigenvalue weighted by atomic mass is 10.0.